The predicted octanol–water partition coefficient (Wildman–Crippen LogP) is 1.56. The van der Waals surface area contributed by atoms with Crippen molar-refractivity contribution >= 4 is 22.5 Å². The monoisotopic (exact) mass is 365 g/mol. The number of hydrogen-bond acceptors (Lipinski definition) is 7. The predicted molar refractivity (Wildman–Crippen MR) is 105 cm³/mol. The number of pyridine rings is 1. The first-order valence-electron chi connectivity index (χ1n) is 9.24. The van der Waals surface area contributed by atoms with Crippen LogP contribution in [-0.4, -0.2) is 50.9 Å². The van der Waals surface area contributed by atoms with Crippen molar-refractivity contribution in [3.63, 3.8) is 0 Å². The number of anilines is 2. The summed E-state index contributed by atoms with van der Waals surface area (Å²) in [5.41, 5.74) is 0.805. The van der Waals surface area contributed by atoms with Crippen LogP contribution in [0.5, 0.6) is 0 Å². The van der Waals surface area contributed by atoms with E-state index >= 15 is 0 Å². The number of aromatic nitrogens is 5. The number of nitrogens with zero attached hydrogens (tertiary/aromatic N) is 7. The van der Waals surface area contributed by atoms with Gasteiger partial charge in [-0.05, 0) is 18.1 Å². The van der Waals surface area contributed by atoms with E-state index in [1.54, 1.807) is 29.5 Å². The van der Waals surface area contributed by atoms with Gasteiger partial charge in [-0.25, -0.2) is 14.6 Å². The van der Waals surface area contributed by atoms with Gasteiger partial charge in [0.1, 0.15) is 18.0 Å². The highest BCUT2D eigenvalue weighted by molar-refractivity contribution is 5.88. The van der Waals surface area contributed by atoms with E-state index in [9.17, 15) is 4.79 Å². The van der Waals surface area contributed by atoms with E-state index in [2.05, 4.69) is 43.7 Å². The molecule has 140 valence electrons. The van der Waals surface area contributed by atoms with Gasteiger partial charge >= 0.3 is 0 Å². The molecule has 1 fully saturated rings. The zero-order chi connectivity index (χ0) is 18.8. The molecule has 3 aromatic rings. The van der Waals surface area contributed by atoms with Crippen molar-refractivity contribution < 1.29 is 0 Å². The van der Waals surface area contributed by atoms with Crippen molar-refractivity contribution in [2.75, 3.05) is 36.0 Å². The van der Waals surface area contributed by atoms with E-state index in [-0.39, 0.29) is 5.56 Å². The molecule has 8 heteroatoms. The zero-order valence-electron chi connectivity index (χ0n) is 15.6. The number of fused-ring (bicyclic) bond motifs is 1. The Morgan fingerprint density at radius 2 is 1.81 bits per heavy atom. The van der Waals surface area contributed by atoms with Gasteiger partial charge in [0.15, 0.2) is 0 Å². The Morgan fingerprint density at radius 3 is 2.59 bits per heavy atom. The molecule has 0 aliphatic carbocycles. The van der Waals surface area contributed by atoms with Gasteiger partial charge < -0.3 is 9.80 Å². The molecule has 1 saturated heterocycles. The van der Waals surface area contributed by atoms with Crippen molar-refractivity contribution in [1.82, 2.24) is 24.7 Å². The van der Waals surface area contributed by atoms with E-state index in [4.69, 9.17) is 0 Å². The normalized spacial score (nSPS) is 14.9. The maximum Gasteiger partial charge on any atom is 0.266 e. The number of hydrogen-bond donors (Lipinski definition) is 0. The Morgan fingerprint density at radius 1 is 1.04 bits per heavy atom. The molecule has 0 saturated carbocycles. The van der Waals surface area contributed by atoms with Crippen LogP contribution in [0.1, 0.15) is 13.8 Å². The Balaban J connectivity index is 1.51. The first-order valence-corrected chi connectivity index (χ1v) is 9.24. The molecule has 4 heterocycles. The molecule has 0 unspecified atom stereocenters. The van der Waals surface area contributed by atoms with Crippen LogP contribution < -0.4 is 15.4 Å². The van der Waals surface area contributed by atoms with E-state index in [0.717, 1.165) is 48.7 Å². The lowest BCUT2D eigenvalue weighted by Gasteiger charge is -2.36. The van der Waals surface area contributed by atoms with Gasteiger partial charge in [-0.15, -0.1) is 0 Å². The third-order valence-corrected chi connectivity index (χ3v) is 4.71. The molecule has 3 aromatic heterocycles. The lowest BCUT2D eigenvalue weighted by Crippen LogP contribution is -2.47. The highest BCUT2D eigenvalue weighted by atomic mass is 16.1. The molecular weight excluding hydrogens is 342 g/mol. The third kappa shape index (κ3) is 3.60. The van der Waals surface area contributed by atoms with E-state index in [1.807, 2.05) is 12.1 Å². The lowest BCUT2D eigenvalue weighted by molar-refractivity contribution is 0.461. The van der Waals surface area contributed by atoms with Crippen molar-refractivity contribution in [3.05, 3.63) is 47.3 Å². The van der Waals surface area contributed by atoms with Crippen molar-refractivity contribution in [2.45, 2.75) is 20.4 Å². The summed E-state index contributed by atoms with van der Waals surface area (Å²) in [6.07, 6.45) is 5.13. The summed E-state index contributed by atoms with van der Waals surface area (Å²) in [5.74, 6) is 2.18. The lowest BCUT2D eigenvalue weighted by atomic mass is 10.2. The highest BCUT2D eigenvalue weighted by Gasteiger charge is 2.21. The second kappa shape index (κ2) is 7.30. The standard InChI is InChI=1S/C19H23N7O/c1-14(2)12-26-18(27)4-3-17(23-26)24-7-9-25(10-8-24)19-15-5-6-20-11-16(15)21-13-22-19/h3-6,11,13-14H,7-10,12H2,1-2H3. The van der Waals surface area contributed by atoms with Gasteiger partial charge in [-0.2, -0.15) is 5.10 Å². The maximum atomic E-state index is 12.0. The highest BCUT2D eigenvalue weighted by Crippen LogP contribution is 2.23. The second-order valence-corrected chi connectivity index (χ2v) is 7.17. The minimum absolute atomic E-state index is 0.0489. The zero-order valence-corrected chi connectivity index (χ0v) is 15.6. The molecule has 0 spiro atoms. The third-order valence-electron chi connectivity index (χ3n) is 4.71. The molecule has 0 amide bonds. The molecular formula is C19H23N7O. The fourth-order valence-corrected chi connectivity index (χ4v) is 3.38. The van der Waals surface area contributed by atoms with Crippen molar-refractivity contribution in [1.29, 1.82) is 0 Å². The van der Waals surface area contributed by atoms with Crippen LogP contribution in [0.3, 0.4) is 0 Å². The van der Waals surface area contributed by atoms with Crippen LogP contribution >= 0.6 is 0 Å². The molecule has 1 aliphatic rings. The Bertz CT molecular complexity index is 987. The number of rotatable bonds is 4. The summed E-state index contributed by atoms with van der Waals surface area (Å²) >= 11 is 0. The topological polar surface area (TPSA) is 80.0 Å². The summed E-state index contributed by atoms with van der Waals surface area (Å²) < 4.78 is 1.57. The van der Waals surface area contributed by atoms with Crippen LogP contribution in [0.4, 0.5) is 11.6 Å². The molecule has 8 nitrogen and oxygen atoms in total. The van der Waals surface area contributed by atoms with E-state index in [0.29, 0.717) is 12.5 Å². The Kier molecular flexibility index (Phi) is 4.70. The van der Waals surface area contributed by atoms with Gasteiger partial charge in [-0.3, -0.25) is 9.78 Å². The van der Waals surface area contributed by atoms with E-state index < -0.39 is 0 Å². The van der Waals surface area contributed by atoms with Gasteiger partial charge in [0.05, 0.1) is 11.7 Å². The minimum Gasteiger partial charge on any atom is -0.352 e. The molecule has 0 N–H and O–H groups in total. The number of piperazine rings is 1. The first kappa shape index (κ1) is 17.4. The largest absolute Gasteiger partial charge is 0.352 e. The summed E-state index contributed by atoms with van der Waals surface area (Å²) in [5, 5.41) is 5.58. The molecule has 0 radical (unpaired) electrons. The van der Waals surface area contributed by atoms with Crippen LogP contribution in [0.25, 0.3) is 10.9 Å². The van der Waals surface area contributed by atoms with Crippen LogP contribution in [0, 0.1) is 5.92 Å². The summed E-state index contributed by atoms with van der Waals surface area (Å²) in [6, 6.07) is 5.39. The van der Waals surface area contributed by atoms with Crippen molar-refractivity contribution in [2.24, 2.45) is 5.92 Å². The summed E-state index contributed by atoms with van der Waals surface area (Å²) in [4.78, 5) is 29.4. The Labute approximate surface area is 157 Å². The minimum atomic E-state index is -0.0489. The van der Waals surface area contributed by atoms with Crippen LogP contribution in [0.2, 0.25) is 0 Å². The smallest absolute Gasteiger partial charge is 0.266 e. The quantitative estimate of drug-likeness (QED) is 0.694. The van der Waals surface area contributed by atoms with Gasteiger partial charge in [0.25, 0.3) is 5.56 Å². The van der Waals surface area contributed by atoms with Crippen LogP contribution in [-0.2, 0) is 6.54 Å². The average Bonchev–Trinajstić information content (AvgIpc) is 2.69. The molecule has 0 aromatic carbocycles. The van der Waals surface area contributed by atoms with E-state index in [1.165, 1.54) is 0 Å². The van der Waals surface area contributed by atoms with Crippen molar-refractivity contribution in [3.8, 4) is 0 Å². The molecule has 1 aliphatic heterocycles. The van der Waals surface area contributed by atoms with Gasteiger partial charge in [-0.1, -0.05) is 13.8 Å². The second-order valence-electron chi connectivity index (χ2n) is 7.17. The fourth-order valence-electron chi connectivity index (χ4n) is 3.38. The summed E-state index contributed by atoms with van der Waals surface area (Å²) in [6.45, 7) is 8.11. The SMILES string of the molecule is CC(C)Cn1nc(N2CCN(c3ncnc4cnccc34)CC2)ccc1=O. The summed E-state index contributed by atoms with van der Waals surface area (Å²) in [7, 11) is 0. The van der Waals surface area contributed by atoms with Crippen LogP contribution in [0.15, 0.2) is 41.7 Å². The molecule has 0 bridgehead atoms. The maximum absolute atomic E-state index is 12.0. The fraction of sp³-hybridized carbons (Fsp3) is 0.421. The molecule has 4 rings (SSSR count). The molecule has 27 heavy (non-hydrogen) atoms. The van der Waals surface area contributed by atoms with Gasteiger partial charge in [0, 0.05) is 50.4 Å². The first-order chi connectivity index (χ1) is 13.1. The average molecular weight is 365 g/mol. The van der Waals surface area contributed by atoms with Gasteiger partial charge in [0.2, 0.25) is 0 Å². The molecule has 0 atom stereocenters. The Hall–Kier alpha value is -3.03.